The average molecular weight is 266 g/mol. The summed E-state index contributed by atoms with van der Waals surface area (Å²) < 4.78 is 0. The van der Waals surface area contributed by atoms with Crippen molar-refractivity contribution in [3.05, 3.63) is 29.8 Å². The SMILES string of the molecule is O=C1NC(C(=O)Nc2cccc(C(=O)O)c2)CS1. The maximum Gasteiger partial charge on any atom is 0.335 e. The van der Waals surface area contributed by atoms with Crippen LogP contribution in [0.15, 0.2) is 24.3 Å². The van der Waals surface area contributed by atoms with Gasteiger partial charge in [-0.25, -0.2) is 4.79 Å². The second kappa shape index (κ2) is 5.09. The van der Waals surface area contributed by atoms with Crippen molar-refractivity contribution in [3.8, 4) is 0 Å². The minimum atomic E-state index is -1.06. The molecule has 1 aliphatic heterocycles. The molecule has 0 saturated carbocycles. The van der Waals surface area contributed by atoms with Gasteiger partial charge in [-0.2, -0.15) is 0 Å². The number of aromatic carboxylic acids is 1. The number of rotatable bonds is 3. The van der Waals surface area contributed by atoms with E-state index in [0.717, 1.165) is 11.8 Å². The third kappa shape index (κ3) is 2.80. The highest BCUT2D eigenvalue weighted by Gasteiger charge is 2.27. The Morgan fingerprint density at radius 1 is 1.44 bits per heavy atom. The summed E-state index contributed by atoms with van der Waals surface area (Å²) in [6, 6.07) is 5.36. The number of nitrogens with one attached hydrogen (secondary N) is 2. The van der Waals surface area contributed by atoms with Gasteiger partial charge < -0.3 is 15.7 Å². The summed E-state index contributed by atoms with van der Waals surface area (Å²) in [4.78, 5) is 33.5. The summed E-state index contributed by atoms with van der Waals surface area (Å²) in [6.45, 7) is 0. The summed E-state index contributed by atoms with van der Waals surface area (Å²) >= 11 is 1.05. The van der Waals surface area contributed by atoms with Gasteiger partial charge in [0.1, 0.15) is 6.04 Å². The molecule has 1 aromatic carbocycles. The van der Waals surface area contributed by atoms with E-state index in [1.807, 2.05) is 0 Å². The van der Waals surface area contributed by atoms with Crippen LogP contribution in [0.5, 0.6) is 0 Å². The number of carboxylic acids is 1. The Morgan fingerprint density at radius 3 is 2.83 bits per heavy atom. The van der Waals surface area contributed by atoms with E-state index in [2.05, 4.69) is 10.6 Å². The highest BCUT2D eigenvalue weighted by atomic mass is 32.2. The molecule has 1 aromatic rings. The van der Waals surface area contributed by atoms with E-state index in [0.29, 0.717) is 11.4 Å². The Kier molecular flexibility index (Phi) is 3.52. The number of benzene rings is 1. The standard InChI is InChI=1S/C11H10N2O4S/c14-9(8-5-18-11(17)13-8)12-7-3-1-2-6(4-7)10(15)16/h1-4,8H,5H2,(H,12,14)(H,13,17)(H,15,16). The molecule has 0 aliphatic carbocycles. The van der Waals surface area contributed by atoms with E-state index < -0.39 is 12.0 Å². The van der Waals surface area contributed by atoms with Crippen LogP contribution in [0.3, 0.4) is 0 Å². The second-order valence-corrected chi connectivity index (χ2v) is 4.66. The van der Waals surface area contributed by atoms with Crippen molar-refractivity contribution in [2.24, 2.45) is 0 Å². The van der Waals surface area contributed by atoms with Gasteiger partial charge in [0.15, 0.2) is 0 Å². The van der Waals surface area contributed by atoms with Gasteiger partial charge in [0, 0.05) is 11.4 Å². The molecular formula is C11H10N2O4S. The molecule has 1 heterocycles. The van der Waals surface area contributed by atoms with Gasteiger partial charge in [-0.3, -0.25) is 9.59 Å². The van der Waals surface area contributed by atoms with E-state index in [-0.39, 0.29) is 16.7 Å². The number of hydrogen-bond donors (Lipinski definition) is 3. The Hall–Kier alpha value is -2.02. The number of hydrogen-bond acceptors (Lipinski definition) is 4. The summed E-state index contributed by atoms with van der Waals surface area (Å²) in [6.07, 6.45) is 0. The maximum atomic E-state index is 11.8. The molecule has 0 spiro atoms. The lowest BCUT2D eigenvalue weighted by atomic mass is 10.2. The fourth-order valence-electron chi connectivity index (χ4n) is 1.49. The molecule has 94 valence electrons. The molecule has 6 nitrogen and oxygen atoms in total. The Labute approximate surface area is 107 Å². The summed E-state index contributed by atoms with van der Waals surface area (Å²) in [5.41, 5.74) is 0.490. The minimum Gasteiger partial charge on any atom is -0.478 e. The molecule has 0 aromatic heterocycles. The molecule has 1 unspecified atom stereocenters. The Balaban J connectivity index is 2.05. The topological polar surface area (TPSA) is 95.5 Å². The predicted octanol–water partition coefficient (Wildman–Crippen LogP) is 1.15. The van der Waals surface area contributed by atoms with Crippen LogP contribution >= 0.6 is 11.8 Å². The smallest absolute Gasteiger partial charge is 0.335 e. The van der Waals surface area contributed by atoms with Crippen molar-refractivity contribution < 1.29 is 19.5 Å². The molecule has 0 radical (unpaired) electrons. The van der Waals surface area contributed by atoms with Gasteiger partial charge in [-0.05, 0) is 18.2 Å². The molecule has 0 bridgehead atoms. The fourth-order valence-corrected chi connectivity index (χ4v) is 2.26. The van der Waals surface area contributed by atoms with Gasteiger partial charge in [0.2, 0.25) is 5.91 Å². The largest absolute Gasteiger partial charge is 0.478 e. The first-order valence-electron chi connectivity index (χ1n) is 5.14. The van der Waals surface area contributed by atoms with Crippen molar-refractivity contribution in [2.75, 3.05) is 11.1 Å². The first-order valence-corrected chi connectivity index (χ1v) is 6.12. The number of carboxylic acid groups (broad SMARTS) is 1. The Morgan fingerprint density at radius 2 is 2.22 bits per heavy atom. The first-order chi connectivity index (χ1) is 8.56. The van der Waals surface area contributed by atoms with Crippen LogP contribution in [-0.4, -0.2) is 34.0 Å². The third-order valence-corrected chi connectivity index (χ3v) is 3.25. The maximum absolute atomic E-state index is 11.8. The lowest BCUT2D eigenvalue weighted by Gasteiger charge is -2.10. The molecule has 3 N–H and O–H groups in total. The molecule has 1 aliphatic rings. The highest BCUT2D eigenvalue weighted by Crippen LogP contribution is 2.16. The average Bonchev–Trinajstić information content (AvgIpc) is 2.76. The third-order valence-electron chi connectivity index (χ3n) is 2.37. The van der Waals surface area contributed by atoms with Crippen molar-refractivity contribution in [2.45, 2.75) is 6.04 Å². The second-order valence-electron chi connectivity index (χ2n) is 3.67. The van der Waals surface area contributed by atoms with Gasteiger partial charge in [-0.1, -0.05) is 17.8 Å². The van der Waals surface area contributed by atoms with Crippen LogP contribution < -0.4 is 10.6 Å². The van der Waals surface area contributed by atoms with E-state index in [9.17, 15) is 14.4 Å². The number of thioether (sulfide) groups is 1. The summed E-state index contributed by atoms with van der Waals surface area (Å²) in [5.74, 6) is -1.03. The number of carbonyl (C=O) groups is 3. The summed E-state index contributed by atoms with van der Waals surface area (Å²) in [5, 5.41) is 13.7. The van der Waals surface area contributed by atoms with Gasteiger partial charge in [0.05, 0.1) is 5.56 Å². The van der Waals surface area contributed by atoms with Crippen molar-refractivity contribution in [1.82, 2.24) is 5.32 Å². The van der Waals surface area contributed by atoms with Gasteiger partial charge >= 0.3 is 5.97 Å². The molecule has 7 heteroatoms. The normalized spacial score (nSPS) is 18.2. The summed E-state index contributed by atoms with van der Waals surface area (Å²) in [7, 11) is 0. The zero-order valence-corrected chi connectivity index (χ0v) is 9.99. The van der Waals surface area contributed by atoms with E-state index >= 15 is 0 Å². The monoisotopic (exact) mass is 266 g/mol. The number of carbonyl (C=O) groups excluding carboxylic acids is 2. The lowest BCUT2D eigenvalue weighted by Crippen LogP contribution is -2.38. The molecule has 1 atom stereocenters. The van der Waals surface area contributed by atoms with Crippen molar-refractivity contribution >= 4 is 34.6 Å². The van der Waals surface area contributed by atoms with E-state index in [1.165, 1.54) is 12.1 Å². The van der Waals surface area contributed by atoms with Crippen LogP contribution in [0.4, 0.5) is 10.5 Å². The van der Waals surface area contributed by atoms with E-state index in [1.54, 1.807) is 12.1 Å². The molecule has 1 fully saturated rings. The van der Waals surface area contributed by atoms with Crippen LogP contribution in [0.25, 0.3) is 0 Å². The number of amides is 2. The Bertz CT molecular complexity index is 518. The molecule has 1 saturated heterocycles. The van der Waals surface area contributed by atoms with Crippen LogP contribution in [0.2, 0.25) is 0 Å². The lowest BCUT2D eigenvalue weighted by molar-refractivity contribution is -0.117. The van der Waals surface area contributed by atoms with Crippen LogP contribution in [-0.2, 0) is 4.79 Å². The van der Waals surface area contributed by atoms with Gasteiger partial charge in [-0.15, -0.1) is 0 Å². The van der Waals surface area contributed by atoms with Gasteiger partial charge in [0.25, 0.3) is 5.24 Å². The highest BCUT2D eigenvalue weighted by molar-refractivity contribution is 8.14. The quantitative estimate of drug-likeness (QED) is 0.762. The first kappa shape index (κ1) is 12.4. The molecule has 2 amide bonds. The molecular weight excluding hydrogens is 256 g/mol. The van der Waals surface area contributed by atoms with E-state index in [4.69, 9.17) is 5.11 Å². The van der Waals surface area contributed by atoms with Crippen molar-refractivity contribution in [1.29, 1.82) is 0 Å². The fraction of sp³-hybridized carbons (Fsp3) is 0.182. The molecule has 2 rings (SSSR count). The van der Waals surface area contributed by atoms with Crippen LogP contribution in [0.1, 0.15) is 10.4 Å². The molecule has 18 heavy (non-hydrogen) atoms. The predicted molar refractivity (Wildman–Crippen MR) is 66.8 cm³/mol. The number of anilines is 1. The van der Waals surface area contributed by atoms with Crippen molar-refractivity contribution in [3.63, 3.8) is 0 Å². The zero-order valence-electron chi connectivity index (χ0n) is 9.17. The van der Waals surface area contributed by atoms with Crippen LogP contribution in [0, 0.1) is 0 Å². The minimum absolute atomic E-state index is 0.0950. The zero-order chi connectivity index (χ0) is 13.1.